The third-order valence-electron chi connectivity index (χ3n) is 9.28. The van der Waals surface area contributed by atoms with Crippen LogP contribution in [0.3, 0.4) is 0 Å². The van der Waals surface area contributed by atoms with E-state index in [4.69, 9.17) is 4.74 Å². The number of rotatable bonds is 9. The maximum Gasteiger partial charge on any atom is 0.201 e. The van der Waals surface area contributed by atoms with Gasteiger partial charge in [-0.1, -0.05) is 38.0 Å². The molecule has 1 aromatic carbocycles. The van der Waals surface area contributed by atoms with Gasteiger partial charge in [0, 0.05) is 5.56 Å². The Morgan fingerprint density at radius 2 is 1.49 bits per heavy atom. The Labute approximate surface area is 212 Å². The molecule has 3 aliphatic rings. The highest BCUT2D eigenvalue weighted by Gasteiger charge is 2.33. The standard InChI is InChI=1S/C32H46F2O/c1-3-5-6-22-35-30-21-20-29(31(33)32(30)34)28-18-16-27(17-19-28)26-14-12-25(13-15-26)24-10-8-23(7-4-2)9-11-24/h4,7,18,20-21,23-27H,3,5-6,8-17,19,22H2,1-2H3/b7-4+. The van der Waals surface area contributed by atoms with Crippen LogP contribution in [0.1, 0.15) is 109 Å². The van der Waals surface area contributed by atoms with Crippen molar-refractivity contribution in [2.75, 3.05) is 6.61 Å². The van der Waals surface area contributed by atoms with Crippen molar-refractivity contribution in [1.82, 2.24) is 0 Å². The maximum atomic E-state index is 14.9. The first-order valence-corrected chi connectivity index (χ1v) is 14.5. The molecule has 194 valence electrons. The van der Waals surface area contributed by atoms with Gasteiger partial charge in [0.2, 0.25) is 5.82 Å². The average molecular weight is 485 g/mol. The van der Waals surface area contributed by atoms with Gasteiger partial charge in [0.05, 0.1) is 6.61 Å². The Morgan fingerprint density at radius 1 is 0.829 bits per heavy atom. The molecule has 0 bridgehead atoms. The van der Waals surface area contributed by atoms with Crippen LogP contribution < -0.4 is 4.74 Å². The Balaban J connectivity index is 1.26. The fourth-order valence-electron chi connectivity index (χ4n) is 7.12. The molecular formula is C32H46F2O. The van der Waals surface area contributed by atoms with E-state index in [2.05, 4.69) is 32.1 Å². The van der Waals surface area contributed by atoms with E-state index in [-0.39, 0.29) is 5.75 Å². The van der Waals surface area contributed by atoms with Gasteiger partial charge in [-0.05, 0) is 131 Å². The quantitative estimate of drug-likeness (QED) is 0.250. The summed E-state index contributed by atoms with van der Waals surface area (Å²) in [7, 11) is 0. The topological polar surface area (TPSA) is 9.23 Å². The van der Waals surface area contributed by atoms with Gasteiger partial charge in [-0.2, -0.15) is 4.39 Å². The van der Waals surface area contributed by atoms with Gasteiger partial charge in [-0.25, -0.2) is 4.39 Å². The number of hydrogen-bond acceptors (Lipinski definition) is 1. The monoisotopic (exact) mass is 484 g/mol. The van der Waals surface area contributed by atoms with Gasteiger partial charge >= 0.3 is 0 Å². The zero-order valence-corrected chi connectivity index (χ0v) is 22.0. The van der Waals surface area contributed by atoms with Crippen molar-refractivity contribution < 1.29 is 13.5 Å². The molecule has 0 amide bonds. The summed E-state index contributed by atoms with van der Waals surface area (Å²) in [6.45, 7) is 4.69. The zero-order valence-electron chi connectivity index (χ0n) is 22.0. The molecule has 2 saturated carbocycles. The van der Waals surface area contributed by atoms with Crippen LogP contribution in [0.2, 0.25) is 0 Å². The molecule has 0 radical (unpaired) electrons. The summed E-state index contributed by atoms with van der Waals surface area (Å²) in [4.78, 5) is 0. The summed E-state index contributed by atoms with van der Waals surface area (Å²) < 4.78 is 35.0. The van der Waals surface area contributed by atoms with Crippen LogP contribution in [-0.4, -0.2) is 6.61 Å². The van der Waals surface area contributed by atoms with E-state index >= 15 is 0 Å². The summed E-state index contributed by atoms with van der Waals surface area (Å²) in [6.07, 6.45) is 23.9. The molecule has 0 heterocycles. The number of hydrogen-bond donors (Lipinski definition) is 0. The molecular weight excluding hydrogens is 438 g/mol. The number of allylic oxidation sites excluding steroid dienone is 4. The first-order valence-electron chi connectivity index (χ1n) is 14.5. The highest BCUT2D eigenvalue weighted by molar-refractivity contribution is 5.67. The summed E-state index contributed by atoms with van der Waals surface area (Å²) in [6, 6.07) is 3.33. The van der Waals surface area contributed by atoms with E-state index < -0.39 is 11.6 Å². The van der Waals surface area contributed by atoms with Crippen molar-refractivity contribution in [3.63, 3.8) is 0 Å². The summed E-state index contributed by atoms with van der Waals surface area (Å²) in [5, 5.41) is 0. The van der Waals surface area contributed by atoms with E-state index in [0.29, 0.717) is 18.1 Å². The first-order chi connectivity index (χ1) is 17.1. The maximum absolute atomic E-state index is 14.9. The number of unbranched alkanes of at least 4 members (excludes halogenated alkanes) is 2. The van der Waals surface area contributed by atoms with Crippen LogP contribution in [-0.2, 0) is 0 Å². The van der Waals surface area contributed by atoms with Gasteiger partial charge in [-0.3, -0.25) is 0 Å². The molecule has 3 heteroatoms. The third kappa shape index (κ3) is 6.77. The van der Waals surface area contributed by atoms with Gasteiger partial charge in [0.1, 0.15) is 0 Å². The predicted molar refractivity (Wildman–Crippen MR) is 142 cm³/mol. The lowest BCUT2D eigenvalue weighted by Gasteiger charge is -2.40. The zero-order chi connectivity index (χ0) is 24.6. The molecule has 0 N–H and O–H groups in total. The Bertz CT molecular complexity index is 857. The van der Waals surface area contributed by atoms with E-state index in [0.717, 1.165) is 67.8 Å². The lowest BCUT2D eigenvalue weighted by molar-refractivity contribution is 0.128. The largest absolute Gasteiger partial charge is 0.490 e. The summed E-state index contributed by atoms with van der Waals surface area (Å²) in [5.74, 6) is 2.70. The predicted octanol–water partition coefficient (Wildman–Crippen LogP) is 9.91. The van der Waals surface area contributed by atoms with Gasteiger partial charge < -0.3 is 4.74 Å². The molecule has 0 saturated heterocycles. The molecule has 1 atom stereocenters. The summed E-state index contributed by atoms with van der Waals surface area (Å²) >= 11 is 0. The average Bonchev–Trinajstić information content (AvgIpc) is 2.90. The molecule has 35 heavy (non-hydrogen) atoms. The van der Waals surface area contributed by atoms with Crippen LogP contribution in [0.15, 0.2) is 30.4 Å². The smallest absolute Gasteiger partial charge is 0.201 e. The fourth-order valence-corrected chi connectivity index (χ4v) is 7.12. The molecule has 1 nitrogen and oxygen atoms in total. The van der Waals surface area contributed by atoms with Crippen molar-refractivity contribution in [2.24, 2.45) is 29.6 Å². The minimum Gasteiger partial charge on any atom is -0.490 e. The lowest BCUT2D eigenvalue weighted by atomic mass is 9.66. The highest BCUT2D eigenvalue weighted by Crippen LogP contribution is 2.46. The van der Waals surface area contributed by atoms with Crippen LogP contribution in [0.4, 0.5) is 8.78 Å². The van der Waals surface area contributed by atoms with Gasteiger partial charge in [0.15, 0.2) is 11.6 Å². The molecule has 2 fully saturated rings. The second kappa shape index (κ2) is 13.1. The van der Waals surface area contributed by atoms with Crippen molar-refractivity contribution in [1.29, 1.82) is 0 Å². The van der Waals surface area contributed by atoms with Crippen molar-refractivity contribution in [3.05, 3.63) is 47.6 Å². The lowest BCUT2D eigenvalue weighted by Crippen LogP contribution is -2.28. The molecule has 1 aromatic rings. The van der Waals surface area contributed by atoms with Crippen LogP contribution in [0, 0.1) is 41.2 Å². The first kappa shape index (κ1) is 26.4. The van der Waals surface area contributed by atoms with Crippen LogP contribution in [0.5, 0.6) is 5.75 Å². The SMILES string of the molecule is C/C=C/C1CCC(C2CCC(C3CC=C(c4ccc(OCCCCC)c(F)c4F)CC3)CC2)CC1. The van der Waals surface area contributed by atoms with Gasteiger partial charge in [0.25, 0.3) is 0 Å². The van der Waals surface area contributed by atoms with E-state index in [1.165, 1.54) is 51.4 Å². The molecule has 4 rings (SSSR count). The minimum atomic E-state index is -0.833. The van der Waals surface area contributed by atoms with Crippen molar-refractivity contribution in [3.8, 4) is 5.75 Å². The summed E-state index contributed by atoms with van der Waals surface area (Å²) in [5.41, 5.74) is 1.40. The Hall–Kier alpha value is -1.64. The van der Waals surface area contributed by atoms with Crippen molar-refractivity contribution in [2.45, 2.75) is 104 Å². The van der Waals surface area contributed by atoms with Crippen molar-refractivity contribution >= 4 is 5.57 Å². The van der Waals surface area contributed by atoms with E-state index in [9.17, 15) is 8.78 Å². The second-order valence-electron chi connectivity index (χ2n) is 11.4. The van der Waals surface area contributed by atoms with E-state index in [1.54, 1.807) is 12.1 Å². The number of benzene rings is 1. The third-order valence-corrected chi connectivity index (χ3v) is 9.28. The number of ether oxygens (including phenoxy) is 1. The minimum absolute atomic E-state index is 0.0451. The van der Waals surface area contributed by atoms with Crippen LogP contribution >= 0.6 is 0 Å². The molecule has 0 spiro atoms. The Morgan fingerprint density at radius 3 is 2.09 bits per heavy atom. The Kier molecular flexibility index (Phi) is 9.86. The second-order valence-corrected chi connectivity index (χ2v) is 11.4. The fraction of sp³-hybridized carbons (Fsp3) is 0.688. The normalized spacial score (nSPS) is 29.8. The molecule has 1 unspecified atom stereocenters. The highest BCUT2D eigenvalue weighted by atomic mass is 19.2. The molecule has 3 aliphatic carbocycles. The molecule has 0 aromatic heterocycles. The van der Waals surface area contributed by atoms with Crippen LogP contribution in [0.25, 0.3) is 5.57 Å². The van der Waals surface area contributed by atoms with E-state index in [1.807, 2.05) is 0 Å². The van der Waals surface area contributed by atoms with Gasteiger partial charge in [-0.15, -0.1) is 0 Å². The number of halogens is 2. The molecule has 0 aliphatic heterocycles.